The minimum absolute atomic E-state index is 0.121. The van der Waals surface area contributed by atoms with Gasteiger partial charge in [0.1, 0.15) is 0 Å². The van der Waals surface area contributed by atoms with E-state index in [-0.39, 0.29) is 18.5 Å². The van der Waals surface area contributed by atoms with E-state index in [1.54, 1.807) is 30.3 Å². The maximum atomic E-state index is 12.7. The summed E-state index contributed by atoms with van der Waals surface area (Å²) in [6.45, 7) is 8.18. The molecule has 3 rings (SSSR count). The minimum atomic E-state index is -3.46. The number of rotatable bonds is 7. The number of hydrogen-bond acceptors (Lipinski definition) is 3. The number of amides is 1. The number of aryl methyl sites for hydroxylation is 3. The van der Waals surface area contributed by atoms with Gasteiger partial charge in [-0.3, -0.25) is 9.10 Å². The molecular formula is C26H30N2O3S. The van der Waals surface area contributed by atoms with Gasteiger partial charge in [0.05, 0.1) is 24.5 Å². The van der Waals surface area contributed by atoms with Crippen LogP contribution in [0.15, 0.2) is 66.7 Å². The van der Waals surface area contributed by atoms with Crippen LogP contribution in [0.5, 0.6) is 0 Å². The Kier molecular flexibility index (Phi) is 7.04. The fourth-order valence-electron chi connectivity index (χ4n) is 3.78. The SMILES string of the molecule is Cc1cccc(N(Cc2ccc(C(=O)N[C@@H](C)c3ccc(C)cc3C)cc2)S(C)(=O)=O)c1. The van der Waals surface area contributed by atoms with Crippen LogP contribution in [0.4, 0.5) is 5.69 Å². The van der Waals surface area contributed by atoms with E-state index in [2.05, 4.69) is 11.4 Å². The second kappa shape index (κ2) is 9.57. The molecule has 32 heavy (non-hydrogen) atoms. The maximum Gasteiger partial charge on any atom is 0.251 e. The Morgan fingerprint density at radius 1 is 0.938 bits per heavy atom. The molecule has 0 spiro atoms. The van der Waals surface area contributed by atoms with Gasteiger partial charge < -0.3 is 5.32 Å². The molecule has 0 radical (unpaired) electrons. The maximum absolute atomic E-state index is 12.7. The topological polar surface area (TPSA) is 66.5 Å². The Morgan fingerprint density at radius 2 is 1.59 bits per heavy atom. The van der Waals surface area contributed by atoms with Gasteiger partial charge in [-0.25, -0.2) is 8.42 Å². The summed E-state index contributed by atoms with van der Waals surface area (Å²) in [5.74, 6) is -0.164. The van der Waals surface area contributed by atoms with Gasteiger partial charge in [0.25, 0.3) is 5.91 Å². The predicted octanol–water partition coefficient (Wildman–Crippen LogP) is 5.07. The summed E-state index contributed by atoms with van der Waals surface area (Å²) in [5.41, 5.74) is 6.36. The molecule has 3 aromatic carbocycles. The third kappa shape index (κ3) is 5.77. The molecule has 0 bridgehead atoms. The van der Waals surface area contributed by atoms with Crippen LogP contribution in [0, 0.1) is 20.8 Å². The summed E-state index contributed by atoms with van der Waals surface area (Å²) in [6.07, 6.45) is 1.20. The summed E-state index contributed by atoms with van der Waals surface area (Å²) >= 11 is 0. The molecule has 3 aromatic rings. The van der Waals surface area contributed by atoms with Crippen molar-refractivity contribution < 1.29 is 13.2 Å². The number of sulfonamides is 1. The number of anilines is 1. The molecule has 168 valence electrons. The average molecular weight is 451 g/mol. The standard InChI is InChI=1S/C26H30N2O3S/c1-18-7-6-8-24(16-18)28(32(5,30)31)17-22-10-12-23(13-11-22)26(29)27-21(4)25-14-9-19(2)15-20(25)3/h6-16,21H,17H2,1-5H3,(H,27,29)/t21-/m0/s1. The molecular weight excluding hydrogens is 420 g/mol. The molecule has 5 nitrogen and oxygen atoms in total. The zero-order chi connectivity index (χ0) is 23.5. The Hall–Kier alpha value is -3.12. The largest absolute Gasteiger partial charge is 0.346 e. The highest BCUT2D eigenvalue weighted by molar-refractivity contribution is 7.92. The number of hydrogen-bond donors (Lipinski definition) is 1. The van der Waals surface area contributed by atoms with Crippen LogP contribution in [0.1, 0.15) is 51.1 Å². The van der Waals surface area contributed by atoms with E-state index >= 15 is 0 Å². The molecule has 0 fully saturated rings. The van der Waals surface area contributed by atoms with Crippen molar-refractivity contribution in [3.05, 3.63) is 100 Å². The van der Waals surface area contributed by atoms with Crippen LogP contribution in [0.25, 0.3) is 0 Å². The second-order valence-corrected chi connectivity index (χ2v) is 10.3. The van der Waals surface area contributed by atoms with Gasteiger partial charge in [-0.15, -0.1) is 0 Å². The van der Waals surface area contributed by atoms with E-state index in [4.69, 9.17) is 0 Å². The molecule has 0 saturated carbocycles. The van der Waals surface area contributed by atoms with E-state index in [9.17, 15) is 13.2 Å². The molecule has 0 unspecified atom stereocenters. The van der Waals surface area contributed by atoms with Crippen LogP contribution < -0.4 is 9.62 Å². The Morgan fingerprint density at radius 3 is 2.19 bits per heavy atom. The first-order valence-corrected chi connectivity index (χ1v) is 12.4. The lowest BCUT2D eigenvalue weighted by atomic mass is 10.00. The average Bonchev–Trinajstić information content (AvgIpc) is 2.71. The lowest BCUT2D eigenvalue weighted by Gasteiger charge is -2.23. The Balaban J connectivity index is 1.74. The third-order valence-corrected chi connectivity index (χ3v) is 6.61. The zero-order valence-electron chi connectivity index (χ0n) is 19.2. The highest BCUT2D eigenvalue weighted by Crippen LogP contribution is 2.22. The third-order valence-electron chi connectivity index (χ3n) is 5.47. The monoisotopic (exact) mass is 450 g/mol. The first kappa shape index (κ1) is 23.5. The number of benzene rings is 3. The molecule has 0 aromatic heterocycles. The van der Waals surface area contributed by atoms with Crippen LogP contribution in [0.3, 0.4) is 0 Å². The molecule has 0 aliphatic rings. The van der Waals surface area contributed by atoms with E-state index in [1.165, 1.54) is 16.1 Å². The van der Waals surface area contributed by atoms with Crippen molar-refractivity contribution in [2.24, 2.45) is 0 Å². The quantitative estimate of drug-likeness (QED) is 0.547. The Labute approximate surface area is 191 Å². The predicted molar refractivity (Wildman–Crippen MR) is 130 cm³/mol. The van der Waals surface area contributed by atoms with E-state index < -0.39 is 10.0 Å². The summed E-state index contributed by atoms with van der Waals surface area (Å²) in [5, 5.41) is 3.04. The van der Waals surface area contributed by atoms with Crippen LogP contribution >= 0.6 is 0 Å². The first-order chi connectivity index (χ1) is 15.0. The molecule has 0 aliphatic carbocycles. The molecule has 1 amide bonds. The number of carbonyl (C=O) groups is 1. The van der Waals surface area contributed by atoms with Crippen molar-refractivity contribution in [1.82, 2.24) is 5.32 Å². The van der Waals surface area contributed by atoms with E-state index in [0.717, 1.165) is 22.3 Å². The summed E-state index contributed by atoms with van der Waals surface area (Å²) < 4.78 is 26.2. The van der Waals surface area contributed by atoms with Gasteiger partial charge in [0, 0.05) is 5.56 Å². The summed E-state index contributed by atoms with van der Waals surface area (Å²) in [4.78, 5) is 12.7. The normalized spacial score (nSPS) is 12.3. The fourth-order valence-corrected chi connectivity index (χ4v) is 4.66. The lowest BCUT2D eigenvalue weighted by molar-refractivity contribution is 0.0940. The van der Waals surface area contributed by atoms with Gasteiger partial charge in [0.2, 0.25) is 10.0 Å². The van der Waals surface area contributed by atoms with Crippen LogP contribution in [-0.2, 0) is 16.6 Å². The van der Waals surface area contributed by atoms with Crippen molar-refractivity contribution in [3.8, 4) is 0 Å². The van der Waals surface area contributed by atoms with Crippen molar-refractivity contribution >= 4 is 21.6 Å². The van der Waals surface area contributed by atoms with Crippen LogP contribution in [0.2, 0.25) is 0 Å². The smallest absolute Gasteiger partial charge is 0.251 e. The molecule has 0 saturated heterocycles. The summed E-state index contributed by atoms with van der Waals surface area (Å²) in [7, 11) is -3.46. The molecule has 6 heteroatoms. The minimum Gasteiger partial charge on any atom is -0.346 e. The van der Waals surface area contributed by atoms with Crippen molar-refractivity contribution in [2.45, 2.75) is 40.3 Å². The number of nitrogens with zero attached hydrogens (tertiary/aromatic N) is 1. The van der Waals surface area contributed by atoms with Gasteiger partial charge in [-0.2, -0.15) is 0 Å². The van der Waals surface area contributed by atoms with Crippen molar-refractivity contribution in [1.29, 1.82) is 0 Å². The highest BCUT2D eigenvalue weighted by atomic mass is 32.2. The van der Waals surface area contributed by atoms with Gasteiger partial charge in [-0.1, -0.05) is 48.0 Å². The molecule has 1 N–H and O–H groups in total. The van der Waals surface area contributed by atoms with Gasteiger partial charge in [-0.05, 0) is 74.2 Å². The van der Waals surface area contributed by atoms with E-state index in [1.807, 2.05) is 58.0 Å². The fraction of sp³-hybridized carbons (Fsp3) is 0.269. The second-order valence-electron chi connectivity index (χ2n) is 8.36. The summed E-state index contributed by atoms with van der Waals surface area (Å²) in [6, 6.07) is 20.5. The van der Waals surface area contributed by atoms with Crippen LogP contribution in [-0.4, -0.2) is 20.6 Å². The number of nitrogens with one attached hydrogen (secondary N) is 1. The lowest BCUT2D eigenvalue weighted by Crippen LogP contribution is -2.29. The van der Waals surface area contributed by atoms with Gasteiger partial charge >= 0.3 is 0 Å². The zero-order valence-corrected chi connectivity index (χ0v) is 20.0. The van der Waals surface area contributed by atoms with E-state index in [0.29, 0.717) is 11.3 Å². The first-order valence-electron chi connectivity index (χ1n) is 10.6. The van der Waals surface area contributed by atoms with Crippen molar-refractivity contribution in [2.75, 3.05) is 10.6 Å². The molecule has 0 aliphatic heterocycles. The highest BCUT2D eigenvalue weighted by Gasteiger charge is 2.19. The van der Waals surface area contributed by atoms with Gasteiger partial charge in [0.15, 0.2) is 0 Å². The number of carbonyl (C=O) groups excluding carboxylic acids is 1. The van der Waals surface area contributed by atoms with Crippen molar-refractivity contribution in [3.63, 3.8) is 0 Å². The molecule has 0 heterocycles. The molecule has 1 atom stereocenters. The Bertz CT molecular complexity index is 1220.